The number of aryl methyl sites for hydroxylation is 1. The van der Waals surface area contributed by atoms with Crippen LogP contribution < -0.4 is 0 Å². The third-order valence-electron chi connectivity index (χ3n) is 4.41. The summed E-state index contributed by atoms with van der Waals surface area (Å²) in [4.78, 5) is 19.1. The largest absolute Gasteiger partial charge is 0.461 e. The van der Waals surface area contributed by atoms with Crippen LogP contribution in [-0.2, 0) is 17.1 Å². The zero-order valence-corrected chi connectivity index (χ0v) is 17.0. The number of carbonyl (C=O) groups is 1. The SMILES string of the molecule is CCOC(=O)c1ncc(Cl)c(Cc2cc3c(C)cc(C(C)(F)F)cc3[nH]2)c1Cl. The average Bonchev–Trinajstić information content (AvgIpc) is 3.01. The first-order valence-corrected chi connectivity index (χ1v) is 9.38. The van der Waals surface area contributed by atoms with Gasteiger partial charge in [-0.2, -0.15) is 0 Å². The summed E-state index contributed by atoms with van der Waals surface area (Å²) in [7, 11) is 0. The Kier molecular flexibility index (Phi) is 5.64. The van der Waals surface area contributed by atoms with Gasteiger partial charge in [0.05, 0.1) is 16.7 Å². The average molecular weight is 427 g/mol. The number of pyridine rings is 1. The highest BCUT2D eigenvalue weighted by Gasteiger charge is 2.25. The van der Waals surface area contributed by atoms with E-state index in [2.05, 4.69) is 9.97 Å². The number of nitrogens with zero attached hydrogens (tertiary/aromatic N) is 1. The van der Waals surface area contributed by atoms with Gasteiger partial charge in [-0.1, -0.05) is 23.2 Å². The summed E-state index contributed by atoms with van der Waals surface area (Å²) in [6.07, 6.45) is 1.62. The molecule has 0 spiro atoms. The molecule has 1 N–H and O–H groups in total. The number of esters is 1. The minimum atomic E-state index is -2.93. The molecule has 0 aliphatic rings. The van der Waals surface area contributed by atoms with E-state index in [1.807, 2.05) is 6.07 Å². The van der Waals surface area contributed by atoms with Crippen LogP contribution in [-0.4, -0.2) is 22.5 Å². The number of ether oxygens (including phenoxy) is 1. The number of hydrogen-bond donors (Lipinski definition) is 1. The Hall–Kier alpha value is -2.18. The molecule has 0 aliphatic carbocycles. The van der Waals surface area contributed by atoms with E-state index in [4.69, 9.17) is 27.9 Å². The highest BCUT2D eigenvalue weighted by Crippen LogP contribution is 2.33. The molecule has 3 aromatic rings. The normalized spacial score (nSPS) is 11.8. The Morgan fingerprint density at radius 3 is 2.64 bits per heavy atom. The molecule has 0 unspecified atom stereocenters. The maximum Gasteiger partial charge on any atom is 0.358 e. The highest BCUT2D eigenvalue weighted by molar-refractivity contribution is 6.37. The van der Waals surface area contributed by atoms with E-state index < -0.39 is 11.9 Å². The fraction of sp³-hybridized carbons (Fsp3) is 0.300. The van der Waals surface area contributed by atoms with Crippen LogP contribution in [0.4, 0.5) is 8.78 Å². The molecule has 0 bridgehead atoms. The Bertz CT molecular complexity index is 1060. The van der Waals surface area contributed by atoms with Crippen molar-refractivity contribution in [3.63, 3.8) is 0 Å². The molecular weight excluding hydrogens is 409 g/mol. The van der Waals surface area contributed by atoms with Gasteiger partial charge in [0, 0.05) is 41.7 Å². The number of aromatic amines is 1. The smallest absolute Gasteiger partial charge is 0.358 e. The van der Waals surface area contributed by atoms with Gasteiger partial charge in [0.2, 0.25) is 0 Å². The molecule has 0 radical (unpaired) electrons. The number of aromatic nitrogens is 2. The molecule has 148 valence electrons. The van der Waals surface area contributed by atoms with E-state index >= 15 is 0 Å². The summed E-state index contributed by atoms with van der Waals surface area (Å²) in [5.41, 5.74) is 2.49. The van der Waals surface area contributed by atoms with Crippen molar-refractivity contribution in [2.24, 2.45) is 0 Å². The summed E-state index contributed by atoms with van der Waals surface area (Å²) in [6.45, 7) is 4.52. The van der Waals surface area contributed by atoms with Crippen LogP contribution in [0.1, 0.15) is 46.7 Å². The highest BCUT2D eigenvalue weighted by atomic mass is 35.5. The molecular formula is C20H18Cl2F2N2O2. The minimum absolute atomic E-state index is 0.0110. The number of nitrogens with one attached hydrogen (secondary N) is 1. The van der Waals surface area contributed by atoms with Crippen molar-refractivity contribution in [3.05, 3.63) is 62.5 Å². The maximum atomic E-state index is 13.7. The standard InChI is InChI=1S/C20H18Cl2F2N2O2/c1-4-28-19(27)18-17(22)14(15(21)9-25-18)8-12-7-13-10(2)5-11(20(3,23)24)6-16(13)26-12/h5-7,9,26H,4,8H2,1-3H3. The van der Waals surface area contributed by atoms with Gasteiger partial charge in [0.15, 0.2) is 5.69 Å². The third-order valence-corrected chi connectivity index (χ3v) is 5.14. The molecule has 0 saturated carbocycles. The number of hydrogen-bond acceptors (Lipinski definition) is 3. The number of fused-ring (bicyclic) bond motifs is 1. The van der Waals surface area contributed by atoms with Crippen molar-refractivity contribution in [1.82, 2.24) is 9.97 Å². The van der Waals surface area contributed by atoms with Gasteiger partial charge in [-0.3, -0.25) is 0 Å². The van der Waals surface area contributed by atoms with Gasteiger partial charge in [-0.15, -0.1) is 0 Å². The van der Waals surface area contributed by atoms with Gasteiger partial charge < -0.3 is 9.72 Å². The molecule has 8 heteroatoms. The van der Waals surface area contributed by atoms with Crippen LogP contribution in [0.15, 0.2) is 24.4 Å². The van der Waals surface area contributed by atoms with Crippen molar-refractivity contribution < 1.29 is 18.3 Å². The number of halogens is 4. The maximum absolute atomic E-state index is 13.7. The Labute approximate surface area is 170 Å². The predicted octanol–water partition coefficient (Wildman–Crippen LogP) is 6.06. The molecule has 0 fully saturated rings. The first-order valence-electron chi connectivity index (χ1n) is 8.62. The van der Waals surface area contributed by atoms with Gasteiger partial charge in [-0.05, 0) is 43.2 Å². The second-order valence-electron chi connectivity index (χ2n) is 6.58. The van der Waals surface area contributed by atoms with E-state index in [0.717, 1.165) is 23.6 Å². The quantitative estimate of drug-likeness (QED) is 0.504. The molecule has 2 heterocycles. The molecule has 0 saturated heterocycles. The Morgan fingerprint density at radius 2 is 2.00 bits per heavy atom. The fourth-order valence-corrected chi connectivity index (χ4v) is 3.58. The third kappa shape index (κ3) is 3.98. The first-order chi connectivity index (χ1) is 13.1. The van der Waals surface area contributed by atoms with E-state index in [1.165, 1.54) is 18.3 Å². The van der Waals surface area contributed by atoms with Crippen molar-refractivity contribution in [2.75, 3.05) is 6.61 Å². The summed E-state index contributed by atoms with van der Waals surface area (Å²) < 4.78 is 32.4. The molecule has 4 nitrogen and oxygen atoms in total. The topological polar surface area (TPSA) is 55.0 Å². The van der Waals surface area contributed by atoms with Crippen LogP contribution in [0.2, 0.25) is 10.0 Å². The molecule has 3 rings (SSSR count). The van der Waals surface area contributed by atoms with Gasteiger partial charge in [-0.25, -0.2) is 18.6 Å². The van der Waals surface area contributed by atoms with E-state index in [-0.39, 0.29) is 29.3 Å². The molecule has 28 heavy (non-hydrogen) atoms. The van der Waals surface area contributed by atoms with Crippen molar-refractivity contribution >= 4 is 40.1 Å². The lowest BCUT2D eigenvalue weighted by Crippen LogP contribution is -2.09. The number of rotatable bonds is 5. The minimum Gasteiger partial charge on any atom is -0.461 e. The van der Waals surface area contributed by atoms with Crippen molar-refractivity contribution in [2.45, 2.75) is 33.1 Å². The summed E-state index contributed by atoms with van der Waals surface area (Å²) in [5.74, 6) is -3.57. The molecule has 0 amide bonds. The van der Waals surface area contributed by atoms with Crippen molar-refractivity contribution in [3.8, 4) is 0 Å². The Balaban J connectivity index is 2.02. The van der Waals surface area contributed by atoms with Gasteiger partial charge in [0.1, 0.15) is 0 Å². The lowest BCUT2D eigenvalue weighted by Gasteiger charge is -2.11. The number of carbonyl (C=O) groups excluding carboxylic acids is 1. The van der Waals surface area contributed by atoms with E-state index in [1.54, 1.807) is 13.8 Å². The number of H-pyrrole nitrogens is 1. The second-order valence-corrected chi connectivity index (χ2v) is 7.37. The second kappa shape index (κ2) is 7.68. The Morgan fingerprint density at radius 1 is 1.29 bits per heavy atom. The fourth-order valence-electron chi connectivity index (χ4n) is 3.02. The van der Waals surface area contributed by atoms with Crippen LogP contribution in [0.3, 0.4) is 0 Å². The van der Waals surface area contributed by atoms with Gasteiger partial charge >= 0.3 is 5.97 Å². The lowest BCUT2D eigenvalue weighted by atomic mass is 10.0. The molecule has 0 aliphatic heterocycles. The van der Waals surface area contributed by atoms with E-state index in [0.29, 0.717) is 16.1 Å². The van der Waals surface area contributed by atoms with Crippen LogP contribution in [0, 0.1) is 6.92 Å². The predicted molar refractivity (Wildman–Crippen MR) is 106 cm³/mol. The van der Waals surface area contributed by atoms with Gasteiger partial charge in [0.25, 0.3) is 5.92 Å². The van der Waals surface area contributed by atoms with Crippen molar-refractivity contribution in [1.29, 1.82) is 0 Å². The van der Waals surface area contributed by atoms with Crippen LogP contribution in [0.5, 0.6) is 0 Å². The molecule has 1 aromatic carbocycles. The molecule has 2 aromatic heterocycles. The first kappa shape index (κ1) is 20.6. The lowest BCUT2D eigenvalue weighted by molar-refractivity contribution is 0.0175. The zero-order valence-electron chi connectivity index (χ0n) is 15.5. The number of alkyl halides is 2. The zero-order chi connectivity index (χ0) is 20.6. The van der Waals surface area contributed by atoms with Crippen LogP contribution >= 0.6 is 23.2 Å². The summed E-state index contributed by atoms with van der Waals surface area (Å²) in [6, 6.07) is 4.77. The number of benzene rings is 1. The monoisotopic (exact) mass is 426 g/mol. The summed E-state index contributed by atoms with van der Waals surface area (Å²) in [5, 5.41) is 1.24. The van der Waals surface area contributed by atoms with E-state index in [9.17, 15) is 13.6 Å². The summed E-state index contributed by atoms with van der Waals surface area (Å²) >= 11 is 12.6. The van der Waals surface area contributed by atoms with Crippen LogP contribution in [0.25, 0.3) is 10.9 Å². The molecule has 0 atom stereocenters.